The van der Waals surface area contributed by atoms with Crippen molar-refractivity contribution < 1.29 is 23.9 Å². The summed E-state index contributed by atoms with van der Waals surface area (Å²) >= 11 is 0. The average Bonchev–Trinajstić information content (AvgIpc) is 3.06. The minimum absolute atomic E-state index is 0.0704. The van der Waals surface area contributed by atoms with Gasteiger partial charge in [-0.25, -0.2) is 9.59 Å². The topological polar surface area (TPSA) is 93.7 Å². The van der Waals surface area contributed by atoms with Crippen LogP contribution in [-0.4, -0.2) is 42.8 Å². The lowest BCUT2D eigenvalue weighted by Gasteiger charge is -2.26. The SMILES string of the molecule is CCOC(=O)[C@H](C)NC(=O)C(C)(C)NC(=O)OCC1c2ccccc2-c2ccccc21. The largest absolute Gasteiger partial charge is 0.464 e. The summed E-state index contributed by atoms with van der Waals surface area (Å²) < 4.78 is 10.4. The lowest BCUT2D eigenvalue weighted by molar-refractivity contribution is -0.147. The first kappa shape index (κ1) is 22.3. The maximum Gasteiger partial charge on any atom is 0.408 e. The number of fused-ring (bicyclic) bond motifs is 3. The third-order valence-corrected chi connectivity index (χ3v) is 5.31. The molecule has 0 radical (unpaired) electrons. The molecule has 0 fully saturated rings. The summed E-state index contributed by atoms with van der Waals surface area (Å²) in [5, 5.41) is 5.13. The second-order valence-corrected chi connectivity index (χ2v) is 8.02. The number of ether oxygens (including phenoxy) is 2. The summed E-state index contributed by atoms with van der Waals surface area (Å²) in [5.41, 5.74) is 3.22. The van der Waals surface area contributed by atoms with Gasteiger partial charge in [-0.3, -0.25) is 4.79 Å². The molecule has 7 heteroatoms. The van der Waals surface area contributed by atoms with E-state index in [-0.39, 0.29) is 19.1 Å². The third kappa shape index (κ3) is 4.87. The molecule has 31 heavy (non-hydrogen) atoms. The van der Waals surface area contributed by atoms with Crippen molar-refractivity contribution in [1.29, 1.82) is 0 Å². The first-order valence-corrected chi connectivity index (χ1v) is 10.4. The maximum absolute atomic E-state index is 12.5. The average molecular weight is 424 g/mol. The molecule has 3 rings (SSSR count). The molecule has 0 bridgehead atoms. The molecular weight excluding hydrogens is 396 g/mol. The summed E-state index contributed by atoms with van der Waals surface area (Å²) in [5.74, 6) is -1.12. The fourth-order valence-electron chi connectivity index (χ4n) is 3.65. The second-order valence-electron chi connectivity index (χ2n) is 8.02. The highest BCUT2D eigenvalue weighted by atomic mass is 16.5. The van der Waals surface area contributed by atoms with Crippen molar-refractivity contribution >= 4 is 18.0 Å². The van der Waals surface area contributed by atoms with Crippen molar-refractivity contribution in [1.82, 2.24) is 10.6 Å². The fourth-order valence-corrected chi connectivity index (χ4v) is 3.65. The van der Waals surface area contributed by atoms with Gasteiger partial charge in [0.2, 0.25) is 5.91 Å². The van der Waals surface area contributed by atoms with Crippen molar-refractivity contribution in [3.8, 4) is 11.1 Å². The highest BCUT2D eigenvalue weighted by Crippen LogP contribution is 2.44. The molecule has 7 nitrogen and oxygen atoms in total. The van der Waals surface area contributed by atoms with Gasteiger partial charge in [0.05, 0.1) is 6.61 Å². The Bertz CT molecular complexity index is 940. The number of hydrogen-bond donors (Lipinski definition) is 2. The number of hydrogen-bond acceptors (Lipinski definition) is 5. The Balaban J connectivity index is 1.61. The summed E-state index contributed by atoms with van der Waals surface area (Å²) in [6.07, 6.45) is -0.703. The van der Waals surface area contributed by atoms with Crippen LogP contribution in [0.2, 0.25) is 0 Å². The van der Waals surface area contributed by atoms with Crippen LogP contribution in [0.25, 0.3) is 11.1 Å². The van der Waals surface area contributed by atoms with Gasteiger partial charge in [-0.2, -0.15) is 0 Å². The van der Waals surface area contributed by atoms with Crippen LogP contribution in [0.3, 0.4) is 0 Å². The molecule has 2 aromatic carbocycles. The van der Waals surface area contributed by atoms with Crippen molar-refractivity contribution in [2.24, 2.45) is 0 Å². The number of rotatable bonds is 7. The van der Waals surface area contributed by atoms with E-state index in [4.69, 9.17) is 9.47 Å². The van der Waals surface area contributed by atoms with Gasteiger partial charge in [0, 0.05) is 5.92 Å². The predicted molar refractivity (Wildman–Crippen MR) is 117 cm³/mol. The van der Waals surface area contributed by atoms with E-state index in [2.05, 4.69) is 22.8 Å². The van der Waals surface area contributed by atoms with Gasteiger partial charge in [-0.05, 0) is 49.9 Å². The molecule has 0 aliphatic heterocycles. The van der Waals surface area contributed by atoms with Crippen molar-refractivity contribution in [3.05, 3.63) is 59.7 Å². The molecule has 2 N–H and O–H groups in total. The minimum Gasteiger partial charge on any atom is -0.464 e. The molecule has 0 heterocycles. The Morgan fingerprint density at radius 1 is 0.968 bits per heavy atom. The van der Waals surface area contributed by atoms with E-state index >= 15 is 0 Å². The van der Waals surface area contributed by atoms with Gasteiger partial charge in [0.15, 0.2) is 0 Å². The highest BCUT2D eigenvalue weighted by Gasteiger charge is 2.34. The normalized spacial score (nSPS) is 13.5. The van der Waals surface area contributed by atoms with Crippen LogP contribution >= 0.6 is 0 Å². The smallest absolute Gasteiger partial charge is 0.408 e. The highest BCUT2D eigenvalue weighted by molar-refractivity contribution is 5.92. The van der Waals surface area contributed by atoms with Crippen molar-refractivity contribution in [2.75, 3.05) is 13.2 Å². The number of esters is 1. The van der Waals surface area contributed by atoms with Crippen LogP contribution in [0.1, 0.15) is 44.7 Å². The van der Waals surface area contributed by atoms with Gasteiger partial charge in [-0.15, -0.1) is 0 Å². The van der Waals surface area contributed by atoms with Gasteiger partial charge >= 0.3 is 12.1 Å². The zero-order valence-electron chi connectivity index (χ0n) is 18.2. The Kier molecular flexibility index (Phi) is 6.63. The van der Waals surface area contributed by atoms with Crippen LogP contribution in [-0.2, 0) is 19.1 Å². The standard InChI is InChI=1S/C24H28N2O5/c1-5-30-21(27)15(2)25-22(28)24(3,4)26-23(29)31-14-20-18-12-8-6-10-16(18)17-11-7-9-13-19(17)20/h6-13,15,20H,5,14H2,1-4H3,(H,25,28)(H,26,29)/t15-/m0/s1. The summed E-state index contributed by atoms with van der Waals surface area (Å²) in [6.45, 7) is 6.68. The van der Waals surface area contributed by atoms with E-state index < -0.39 is 29.6 Å². The molecule has 1 aliphatic carbocycles. The molecule has 2 aromatic rings. The number of amides is 2. The van der Waals surface area contributed by atoms with Crippen LogP contribution < -0.4 is 10.6 Å². The van der Waals surface area contributed by atoms with E-state index in [1.807, 2.05) is 36.4 Å². The summed E-state index contributed by atoms with van der Waals surface area (Å²) in [4.78, 5) is 36.7. The monoisotopic (exact) mass is 424 g/mol. The molecule has 0 aromatic heterocycles. The first-order valence-electron chi connectivity index (χ1n) is 10.4. The molecular formula is C24H28N2O5. The van der Waals surface area contributed by atoms with Gasteiger partial charge in [0.25, 0.3) is 0 Å². The van der Waals surface area contributed by atoms with Crippen LogP contribution in [0.4, 0.5) is 4.79 Å². The van der Waals surface area contributed by atoms with Gasteiger partial charge in [-0.1, -0.05) is 48.5 Å². The lowest BCUT2D eigenvalue weighted by atomic mass is 9.98. The minimum atomic E-state index is -1.27. The van der Waals surface area contributed by atoms with Gasteiger partial charge < -0.3 is 20.1 Å². The van der Waals surface area contributed by atoms with Crippen molar-refractivity contribution in [3.63, 3.8) is 0 Å². The Morgan fingerprint density at radius 3 is 2.06 bits per heavy atom. The molecule has 0 spiro atoms. The van der Waals surface area contributed by atoms with E-state index in [9.17, 15) is 14.4 Å². The fraction of sp³-hybridized carbons (Fsp3) is 0.375. The number of carbonyl (C=O) groups excluding carboxylic acids is 3. The molecule has 0 saturated heterocycles. The molecule has 164 valence electrons. The van der Waals surface area contributed by atoms with Crippen molar-refractivity contribution in [2.45, 2.75) is 45.2 Å². The number of nitrogens with one attached hydrogen (secondary N) is 2. The van der Waals surface area contributed by atoms with Crippen LogP contribution in [0, 0.1) is 0 Å². The maximum atomic E-state index is 12.5. The van der Waals surface area contributed by atoms with Gasteiger partial charge in [0.1, 0.15) is 18.2 Å². The van der Waals surface area contributed by atoms with E-state index in [1.54, 1.807) is 20.8 Å². The summed E-state index contributed by atoms with van der Waals surface area (Å²) in [7, 11) is 0. The second kappa shape index (κ2) is 9.20. The number of carbonyl (C=O) groups is 3. The zero-order chi connectivity index (χ0) is 22.6. The van der Waals surface area contributed by atoms with E-state index in [0.717, 1.165) is 22.3 Å². The Morgan fingerprint density at radius 2 is 1.52 bits per heavy atom. The van der Waals surface area contributed by atoms with E-state index in [0.29, 0.717) is 0 Å². The Hall–Kier alpha value is -3.35. The molecule has 0 unspecified atom stereocenters. The Labute approximate surface area is 182 Å². The lowest BCUT2D eigenvalue weighted by Crippen LogP contribution is -2.57. The quantitative estimate of drug-likeness (QED) is 0.665. The third-order valence-electron chi connectivity index (χ3n) is 5.31. The molecule has 0 saturated carbocycles. The molecule has 2 amide bonds. The first-order chi connectivity index (χ1) is 14.7. The number of benzene rings is 2. The van der Waals surface area contributed by atoms with Crippen LogP contribution in [0.5, 0.6) is 0 Å². The molecule has 1 atom stereocenters. The van der Waals surface area contributed by atoms with E-state index in [1.165, 1.54) is 6.92 Å². The summed E-state index contributed by atoms with van der Waals surface area (Å²) in [6, 6.07) is 15.3. The molecule has 1 aliphatic rings. The number of alkyl carbamates (subject to hydrolysis) is 1. The van der Waals surface area contributed by atoms with Crippen LogP contribution in [0.15, 0.2) is 48.5 Å². The predicted octanol–water partition coefficient (Wildman–Crippen LogP) is 3.37. The zero-order valence-corrected chi connectivity index (χ0v) is 18.2.